The summed E-state index contributed by atoms with van der Waals surface area (Å²) in [5.74, 6) is -0.304. The Labute approximate surface area is 81.4 Å². The van der Waals surface area contributed by atoms with Crippen LogP contribution < -0.4 is 0 Å². The lowest BCUT2D eigenvalue weighted by atomic mass is 10.5. The van der Waals surface area contributed by atoms with Crippen molar-refractivity contribution in [2.24, 2.45) is 0 Å². The van der Waals surface area contributed by atoms with E-state index in [1.165, 1.54) is 4.68 Å². The molecular weight excluding hydrogens is 192 g/mol. The van der Waals surface area contributed by atoms with E-state index >= 15 is 0 Å². The molecule has 1 aromatic rings. The number of aromatic nitrogens is 2. The summed E-state index contributed by atoms with van der Waals surface area (Å²) in [5.41, 5.74) is 0.714. The van der Waals surface area contributed by atoms with Gasteiger partial charge in [-0.25, -0.2) is 0 Å². The summed E-state index contributed by atoms with van der Waals surface area (Å²) in [4.78, 5) is 11.0. The number of carbonyl (C=O) groups is 1. The Morgan fingerprint density at radius 2 is 2.46 bits per heavy atom. The fraction of sp³-hybridized carbons (Fsp3) is 0.500. The predicted molar refractivity (Wildman–Crippen MR) is 48.6 cm³/mol. The SMILES string of the molecule is CCOC(=O)Cn1cc(Cl)c(C)n1. The van der Waals surface area contributed by atoms with E-state index in [0.717, 1.165) is 0 Å². The molecule has 4 nitrogen and oxygen atoms in total. The van der Waals surface area contributed by atoms with Crippen molar-refractivity contribution in [2.75, 3.05) is 6.61 Å². The van der Waals surface area contributed by atoms with Crippen molar-refractivity contribution in [3.05, 3.63) is 16.9 Å². The zero-order valence-electron chi connectivity index (χ0n) is 7.58. The largest absolute Gasteiger partial charge is 0.465 e. The average Bonchev–Trinajstić information content (AvgIpc) is 2.31. The molecule has 1 rings (SSSR count). The molecule has 0 aliphatic rings. The third-order valence-corrected chi connectivity index (χ3v) is 1.85. The number of rotatable bonds is 3. The van der Waals surface area contributed by atoms with Gasteiger partial charge in [0.2, 0.25) is 0 Å². The van der Waals surface area contributed by atoms with E-state index in [2.05, 4.69) is 5.10 Å². The van der Waals surface area contributed by atoms with E-state index in [1.807, 2.05) is 0 Å². The second-order valence-electron chi connectivity index (χ2n) is 2.57. The monoisotopic (exact) mass is 202 g/mol. The summed E-state index contributed by atoms with van der Waals surface area (Å²) in [5, 5.41) is 4.58. The zero-order valence-corrected chi connectivity index (χ0v) is 8.34. The van der Waals surface area contributed by atoms with E-state index in [-0.39, 0.29) is 12.5 Å². The summed E-state index contributed by atoms with van der Waals surface area (Å²) in [6, 6.07) is 0. The van der Waals surface area contributed by atoms with Crippen molar-refractivity contribution in [3.63, 3.8) is 0 Å². The topological polar surface area (TPSA) is 44.1 Å². The van der Waals surface area contributed by atoms with Crippen molar-refractivity contribution in [2.45, 2.75) is 20.4 Å². The molecule has 5 heteroatoms. The first-order chi connectivity index (χ1) is 6.13. The van der Waals surface area contributed by atoms with Gasteiger partial charge in [-0.15, -0.1) is 0 Å². The van der Waals surface area contributed by atoms with Crippen LogP contribution in [0.3, 0.4) is 0 Å². The minimum atomic E-state index is -0.304. The van der Waals surface area contributed by atoms with Gasteiger partial charge < -0.3 is 4.74 Å². The van der Waals surface area contributed by atoms with Gasteiger partial charge in [-0.05, 0) is 13.8 Å². The van der Waals surface area contributed by atoms with E-state index in [0.29, 0.717) is 17.3 Å². The van der Waals surface area contributed by atoms with Crippen LogP contribution in [-0.4, -0.2) is 22.4 Å². The van der Waals surface area contributed by atoms with Crippen LogP contribution in [0, 0.1) is 6.92 Å². The molecule has 0 radical (unpaired) electrons. The van der Waals surface area contributed by atoms with Crippen LogP contribution in [0.4, 0.5) is 0 Å². The summed E-state index contributed by atoms with van der Waals surface area (Å²) in [7, 11) is 0. The van der Waals surface area contributed by atoms with Crippen LogP contribution in [0.2, 0.25) is 5.02 Å². The highest BCUT2D eigenvalue weighted by molar-refractivity contribution is 6.31. The maximum Gasteiger partial charge on any atom is 0.327 e. The molecule has 72 valence electrons. The second kappa shape index (κ2) is 4.28. The molecular formula is C8H11ClN2O2. The Morgan fingerprint density at radius 1 is 1.77 bits per heavy atom. The van der Waals surface area contributed by atoms with Gasteiger partial charge in [0.1, 0.15) is 6.54 Å². The zero-order chi connectivity index (χ0) is 9.84. The second-order valence-corrected chi connectivity index (χ2v) is 2.97. The Bertz CT molecular complexity index is 290. The normalized spacial score (nSPS) is 10.1. The molecule has 0 saturated carbocycles. The van der Waals surface area contributed by atoms with Crippen molar-refractivity contribution >= 4 is 17.6 Å². The van der Waals surface area contributed by atoms with Crippen LogP contribution in [0.5, 0.6) is 0 Å². The van der Waals surface area contributed by atoms with Crippen molar-refractivity contribution < 1.29 is 9.53 Å². The first kappa shape index (κ1) is 10.1. The Kier molecular flexibility index (Phi) is 3.31. The standard InChI is InChI=1S/C8H11ClN2O2/c1-3-13-8(12)5-11-4-7(9)6(2)10-11/h4H,3,5H2,1-2H3. The lowest BCUT2D eigenvalue weighted by Gasteiger charge is -2.00. The molecule has 0 aliphatic heterocycles. The number of carbonyl (C=O) groups excluding carboxylic acids is 1. The number of hydrogen-bond donors (Lipinski definition) is 0. The Morgan fingerprint density at radius 3 is 2.92 bits per heavy atom. The maximum atomic E-state index is 11.0. The molecule has 0 saturated heterocycles. The van der Waals surface area contributed by atoms with Gasteiger partial charge in [-0.1, -0.05) is 11.6 Å². The summed E-state index contributed by atoms with van der Waals surface area (Å²) in [6.07, 6.45) is 1.60. The minimum absolute atomic E-state index is 0.112. The molecule has 0 amide bonds. The number of nitrogens with zero attached hydrogens (tertiary/aromatic N) is 2. The van der Waals surface area contributed by atoms with Gasteiger partial charge in [0.25, 0.3) is 0 Å². The summed E-state index contributed by atoms with van der Waals surface area (Å²) in [6.45, 7) is 4.04. The lowest BCUT2D eigenvalue weighted by Crippen LogP contribution is -2.13. The lowest BCUT2D eigenvalue weighted by molar-refractivity contribution is -0.144. The maximum absolute atomic E-state index is 11.0. The smallest absolute Gasteiger partial charge is 0.327 e. The first-order valence-corrected chi connectivity index (χ1v) is 4.36. The van der Waals surface area contributed by atoms with Crippen LogP contribution in [0.25, 0.3) is 0 Å². The van der Waals surface area contributed by atoms with Crippen molar-refractivity contribution in [1.29, 1.82) is 0 Å². The molecule has 0 unspecified atom stereocenters. The van der Waals surface area contributed by atoms with Gasteiger partial charge >= 0.3 is 5.97 Å². The molecule has 0 aliphatic carbocycles. The van der Waals surface area contributed by atoms with Gasteiger partial charge in [-0.3, -0.25) is 9.48 Å². The third-order valence-electron chi connectivity index (χ3n) is 1.48. The number of hydrogen-bond acceptors (Lipinski definition) is 3. The first-order valence-electron chi connectivity index (χ1n) is 3.98. The highest BCUT2D eigenvalue weighted by Gasteiger charge is 2.06. The number of aryl methyl sites for hydroxylation is 1. The summed E-state index contributed by atoms with van der Waals surface area (Å²) < 4.78 is 6.22. The van der Waals surface area contributed by atoms with Gasteiger partial charge in [0, 0.05) is 6.20 Å². The molecule has 1 heterocycles. The van der Waals surface area contributed by atoms with Gasteiger partial charge in [-0.2, -0.15) is 5.10 Å². The fourth-order valence-electron chi connectivity index (χ4n) is 0.913. The highest BCUT2D eigenvalue weighted by Crippen LogP contribution is 2.11. The Balaban J connectivity index is 2.59. The number of ether oxygens (including phenoxy) is 1. The molecule has 1 aromatic heterocycles. The number of halogens is 1. The summed E-state index contributed by atoms with van der Waals surface area (Å²) >= 11 is 5.75. The molecule has 0 bridgehead atoms. The predicted octanol–water partition coefficient (Wildman–Crippen LogP) is 1.41. The average molecular weight is 203 g/mol. The fourth-order valence-corrected chi connectivity index (χ4v) is 1.06. The van der Waals surface area contributed by atoms with Crippen LogP contribution in [-0.2, 0) is 16.1 Å². The Hall–Kier alpha value is -1.03. The molecule has 0 N–H and O–H groups in total. The highest BCUT2D eigenvalue weighted by atomic mass is 35.5. The van der Waals surface area contributed by atoms with Crippen molar-refractivity contribution in [1.82, 2.24) is 9.78 Å². The van der Waals surface area contributed by atoms with E-state index in [1.54, 1.807) is 20.0 Å². The number of esters is 1. The molecule has 0 spiro atoms. The molecule has 0 fully saturated rings. The van der Waals surface area contributed by atoms with Gasteiger partial charge in [0.05, 0.1) is 17.3 Å². The van der Waals surface area contributed by atoms with Crippen LogP contribution >= 0.6 is 11.6 Å². The minimum Gasteiger partial charge on any atom is -0.465 e. The molecule has 0 aromatic carbocycles. The van der Waals surface area contributed by atoms with Crippen molar-refractivity contribution in [3.8, 4) is 0 Å². The molecule has 0 atom stereocenters. The van der Waals surface area contributed by atoms with E-state index in [4.69, 9.17) is 16.3 Å². The van der Waals surface area contributed by atoms with Gasteiger partial charge in [0.15, 0.2) is 0 Å². The van der Waals surface area contributed by atoms with Crippen LogP contribution in [0.15, 0.2) is 6.20 Å². The quantitative estimate of drug-likeness (QED) is 0.697. The van der Waals surface area contributed by atoms with E-state index < -0.39 is 0 Å². The third kappa shape index (κ3) is 2.73. The molecule has 13 heavy (non-hydrogen) atoms. The van der Waals surface area contributed by atoms with Crippen LogP contribution in [0.1, 0.15) is 12.6 Å². The van der Waals surface area contributed by atoms with E-state index in [9.17, 15) is 4.79 Å².